The average molecular weight is 575 g/mol. The van der Waals surface area contributed by atoms with Crippen LogP contribution < -0.4 is 0 Å². The van der Waals surface area contributed by atoms with Crippen molar-refractivity contribution in [3.05, 3.63) is 0 Å². The van der Waals surface area contributed by atoms with Crippen LogP contribution in [0.4, 0.5) is 0 Å². The summed E-state index contributed by atoms with van der Waals surface area (Å²) < 4.78 is 29.2. The van der Waals surface area contributed by atoms with E-state index in [-0.39, 0.29) is 12.6 Å². The molecule has 2 saturated heterocycles. The van der Waals surface area contributed by atoms with Crippen molar-refractivity contribution in [3.63, 3.8) is 0 Å². The lowest BCUT2D eigenvalue weighted by Gasteiger charge is -2.22. The highest BCUT2D eigenvalue weighted by molar-refractivity contribution is 6.17. The largest absolute Gasteiger partial charge is 0.378 e. The maximum Gasteiger partial charge on any atom is 0.157 e. The Kier molecular flexibility index (Phi) is 24.4. The van der Waals surface area contributed by atoms with Gasteiger partial charge in [-0.05, 0) is 77.0 Å². The van der Waals surface area contributed by atoms with Gasteiger partial charge in [-0.15, -0.1) is 11.6 Å². The first-order chi connectivity index (χ1) is 19.4. The van der Waals surface area contributed by atoms with Crippen LogP contribution in [0.3, 0.4) is 0 Å². The second-order valence-electron chi connectivity index (χ2n) is 11.7. The summed E-state index contributed by atoms with van der Waals surface area (Å²) in [5, 5.41) is 0. The summed E-state index contributed by atoms with van der Waals surface area (Å²) >= 11 is 5.85. The van der Waals surface area contributed by atoms with E-state index in [1.807, 2.05) is 0 Å². The first kappa shape index (κ1) is 35.3. The van der Waals surface area contributed by atoms with Gasteiger partial charge in [-0.1, -0.05) is 77.0 Å². The topological polar surface area (TPSA) is 46.2 Å². The molecule has 6 heteroatoms. The quantitative estimate of drug-likeness (QED) is 0.0721. The molecule has 0 aliphatic carbocycles. The molecular weight excluding hydrogens is 512 g/mol. The molecule has 2 aliphatic rings. The molecule has 39 heavy (non-hydrogen) atoms. The maximum atomic E-state index is 6.28. The third-order valence-electron chi connectivity index (χ3n) is 8.11. The van der Waals surface area contributed by atoms with E-state index < -0.39 is 0 Å². The SMILES string of the molecule is ClCCCCOC(CCCCCCCCCOC1CCCCO1)CCCCCCCCCOC1CCCCO1. The number of alkyl halides is 1. The molecule has 0 bridgehead atoms. The molecule has 2 heterocycles. The Bertz CT molecular complexity index is 458. The van der Waals surface area contributed by atoms with Crippen LogP contribution in [-0.2, 0) is 23.7 Å². The van der Waals surface area contributed by atoms with Gasteiger partial charge in [0.1, 0.15) is 0 Å². The zero-order valence-electron chi connectivity index (χ0n) is 25.4. The number of rotatable bonds is 27. The van der Waals surface area contributed by atoms with E-state index in [9.17, 15) is 0 Å². The minimum atomic E-state index is 0.0704. The van der Waals surface area contributed by atoms with Gasteiger partial charge >= 0.3 is 0 Å². The fourth-order valence-corrected chi connectivity index (χ4v) is 5.78. The Morgan fingerprint density at radius 3 is 1.38 bits per heavy atom. The molecule has 0 aromatic carbocycles. The first-order valence-electron chi connectivity index (χ1n) is 17.0. The number of hydrogen-bond acceptors (Lipinski definition) is 5. The van der Waals surface area contributed by atoms with Crippen molar-refractivity contribution in [1.82, 2.24) is 0 Å². The van der Waals surface area contributed by atoms with Gasteiger partial charge in [0.15, 0.2) is 12.6 Å². The Balaban J connectivity index is 1.38. The number of ether oxygens (including phenoxy) is 5. The normalized spacial score (nSPS) is 20.8. The van der Waals surface area contributed by atoms with E-state index in [0.717, 1.165) is 64.6 Å². The second-order valence-corrected chi connectivity index (χ2v) is 12.1. The van der Waals surface area contributed by atoms with Gasteiger partial charge in [-0.25, -0.2) is 0 Å². The molecule has 0 radical (unpaired) electrons. The van der Waals surface area contributed by atoms with Crippen molar-refractivity contribution in [2.24, 2.45) is 0 Å². The Morgan fingerprint density at radius 2 is 0.949 bits per heavy atom. The van der Waals surface area contributed by atoms with Crippen molar-refractivity contribution in [1.29, 1.82) is 0 Å². The molecule has 2 rings (SSSR count). The van der Waals surface area contributed by atoms with Crippen LogP contribution in [0.1, 0.15) is 154 Å². The molecule has 0 aromatic heterocycles. The predicted molar refractivity (Wildman–Crippen MR) is 163 cm³/mol. The van der Waals surface area contributed by atoms with Gasteiger partial charge in [0, 0.05) is 38.9 Å². The van der Waals surface area contributed by atoms with Crippen LogP contribution in [0, 0.1) is 0 Å². The third kappa shape index (κ3) is 21.5. The zero-order valence-corrected chi connectivity index (χ0v) is 26.1. The predicted octanol–water partition coefficient (Wildman–Crippen LogP) is 9.72. The fourth-order valence-electron chi connectivity index (χ4n) is 5.59. The minimum Gasteiger partial charge on any atom is -0.378 e. The first-order valence-corrected chi connectivity index (χ1v) is 17.6. The molecule has 2 atom stereocenters. The number of unbranched alkanes of at least 4 members (excludes halogenated alkanes) is 13. The van der Waals surface area contributed by atoms with Gasteiger partial charge < -0.3 is 23.7 Å². The zero-order chi connectivity index (χ0) is 27.5. The number of hydrogen-bond donors (Lipinski definition) is 0. The third-order valence-corrected chi connectivity index (χ3v) is 8.37. The second kappa shape index (κ2) is 27.0. The van der Waals surface area contributed by atoms with E-state index in [1.54, 1.807) is 0 Å². The van der Waals surface area contributed by atoms with E-state index in [1.165, 1.54) is 128 Å². The Morgan fingerprint density at radius 1 is 0.513 bits per heavy atom. The molecule has 0 N–H and O–H groups in total. The van der Waals surface area contributed by atoms with Crippen LogP contribution in [0.15, 0.2) is 0 Å². The van der Waals surface area contributed by atoms with Crippen LogP contribution in [0.25, 0.3) is 0 Å². The molecule has 0 aromatic rings. The van der Waals surface area contributed by atoms with Gasteiger partial charge in [-0.2, -0.15) is 0 Å². The Labute approximate surface area is 246 Å². The highest BCUT2D eigenvalue weighted by Crippen LogP contribution is 2.19. The lowest BCUT2D eigenvalue weighted by molar-refractivity contribution is -0.163. The standard InChI is InChI=1S/C33H63ClO5/c34-25-15-20-26-35-31(21-11-7-3-1-5-9-16-27-36-32-23-13-18-29-38-32)22-12-8-4-2-6-10-17-28-37-33-24-14-19-30-39-33/h31-33H,1-30H2. The molecule has 5 nitrogen and oxygen atoms in total. The molecule has 2 unspecified atom stereocenters. The molecule has 2 aliphatic heterocycles. The van der Waals surface area contributed by atoms with Crippen LogP contribution in [0.5, 0.6) is 0 Å². The molecule has 0 spiro atoms. The monoisotopic (exact) mass is 574 g/mol. The van der Waals surface area contributed by atoms with E-state index in [0.29, 0.717) is 6.10 Å². The highest BCUT2D eigenvalue weighted by Gasteiger charge is 2.14. The summed E-state index contributed by atoms with van der Waals surface area (Å²) in [7, 11) is 0. The van der Waals surface area contributed by atoms with E-state index in [2.05, 4.69) is 0 Å². The molecule has 0 saturated carbocycles. The molecule has 232 valence electrons. The molecule has 2 fully saturated rings. The van der Waals surface area contributed by atoms with Crippen LogP contribution >= 0.6 is 11.6 Å². The molecule has 0 amide bonds. The van der Waals surface area contributed by atoms with Crippen LogP contribution in [-0.4, -0.2) is 57.6 Å². The van der Waals surface area contributed by atoms with Crippen molar-refractivity contribution in [2.45, 2.75) is 173 Å². The molecular formula is C33H63ClO5. The lowest BCUT2D eigenvalue weighted by atomic mass is 10.0. The Hall–Kier alpha value is 0.0900. The summed E-state index contributed by atoms with van der Waals surface area (Å²) in [6.45, 7) is 4.34. The van der Waals surface area contributed by atoms with Crippen molar-refractivity contribution >= 4 is 11.6 Å². The number of halogens is 1. The van der Waals surface area contributed by atoms with Crippen molar-refractivity contribution in [3.8, 4) is 0 Å². The highest BCUT2D eigenvalue weighted by atomic mass is 35.5. The van der Waals surface area contributed by atoms with E-state index in [4.69, 9.17) is 35.3 Å². The summed E-state index contributed by atoms with van der Waals surface area (Å²) in [6.07, 6.45) is 30.4. The average Bonchev–Trinajstić information content (AvgIpc) is 2.97. The summed E-state index contributed by atoms with van der Waals surface area (Å²) in [4.78, 5) is 0. The maximum absolute atomic E-state index is 6.28. The minimum absolute atomic E-state index is 0.0704. The smallest absolute Gasteiger partial charge is 0.157 e. The van der Waals surface area contributed by atoms with E-state index >= 15 is 0 Å². The van der Waals surface area contributed by atoms with Crippen LogP contribution in [0.2, 0.25) is 0 Å². The van der Waals surface area contributed by atoms with Crippen molar-refractivity contribution in [2.75, 3.05) is 38.9 Å². The van der Waals surface area contributed by atoms with Gasteiger partial charge in [0.2, 0.25) is 0 Å². The lowest BCUT2D eigenvalue weighted by Crippen LogP contribution is -2.22. The van der Waals surface area contributed by atoms with Gasteiger partial charge in [-0.3, -0.25) is 0 Å². The fraction of sp³-hybridized carbons (Fsp3) is 1.00. The van der Waals surface area contributed by atoms with Gasteiger partial charge in [0.05, 0.1) is 6.10 Å². The van der Waals surface area contributed by atoms with Crippen molar-refractivity contribution < 1.29 is 23.7 Å². The summed E-state index contributed by atoms with van der Waals surface area (Å²) in [5.41, 5.74) is 0. The summed E-state index contributed by atoms with van der Waals surface area (Å²) in [6, 6.07) is 0. The summed E-state index contributed by atoms with van der Waals surface area (Å²) in [5.74, 6) is 0.745. The van der Waals surface area contributed by atoms with Gasteiger partial charge in [0.25, 0.3) is 0 Å².